The summed E-state index contributed by atoms with van der Waals surface area (Å²) in [7, 11) is 0. The van der Waals surface area contributed by atoms with Gasteiger partial charge in [-0.2, -0.15) is 0 Å². The zero-order chi connectivity index (χ0) is 20.5. The summed E-state index contributed by atoms with van der Waals surface area (Å²) >= 11 is 0. The maximum absolute atomic E-state index is 12.8. The zero-order valence-electron chi connectivity index (χ0n) is 16.8. The number of piperidine rings is 1. The highest BCUT2D eigenvalue weighted by atomic mass is 16.4. The van der Waals surface area contributed by atoms with Gasteiger partial charge in [0.2, 0.25) is 0 Å². The van der Waals surface area contributed by atoms with Crippen molar-refractivity contribution in [1.29, 1.82) is 0 Å². The number of fused-ring (bicyclic) bond motifs is 1. The van der Waals surface area contributed by atoms with E-state index in [0.717, 1.165) is 19.3 Å². The van der Waals surface area contributed by atoms with E-state index in [1.165, 1.54) is 28.1 Å². The molecule has 1 saturated heterocycles. The zero-order valence-corrected chi connectivity index (χ0v) is 16.8. The smallest absolute Gasteiger partial charge is 0.339 e. The standard InChI is InChI=1S/C23H26N2O4/c1-3-14-6-5-7-16-18(13-24-21(14)16)15-8-10-25(11-9-15)22(26)20-12-17(23(27)28)19(4-2)29-20/h5-7,12-13,15,24H,3-4,8-11H2,1-2H3,(H,27,28). The molecule has 1 aliphatic heterocycles. The number of amides is 1. The van der Waals surface area contributed by atoms with Gasteiger partial charge in [0.25, 0.3) is 5.91 Å². The maximum Gasteiger partial charge on any atom is 0.339 e. The summed E-state index contributed by atoms with van der Waals surface area (Å²) in [5, 5.41) is 10.6. The van der Waals surface area contributed by atoms with Gasteiger partial charge < -0.3 is 19.4 Å². The molecule has 4 rings (SSSR count). The first-order valence-electron chi connectivity index (χ1n) is 10.3. The molecule has 152 valence electrons. The number of hydrogen-bond donors (Lipinski definition) is 2. The van der Waals surface area contributed by atoms with Gasteiger partial charge in [0.15, 0.2) is 5.76 Å². The summed E-state index contributed by atoms with van der Waals surface area (Å²) in [6.45, 7) is 5.24. The number of carboxylic acid groups (broad SMARTS) is 1. The Hall–Kier alpha value is -3.02. The molecule has 0 radical (unpaired) electrons. The monoisotopic (exact) mass is 394 g/mol. The van der Waals surface area contributed by atoms with Crippen LogP contribution in [-0.4, -0.2) is 40.0 Å². The predicted molar refractivity (Wildman–Crippen MR) is 111 cm³/mol. The molecule has 3 aromatic rings. The SMILES string of the molecule is CCc1oc(C(=O)N2CCC(c3c[nH]c4c(CC)cccc34)CC2)cc1C(=O)O. The van der Waals surface area contributed by atoms with Crippen molar-refractivity contribution >= 4 is 22.8 Å². The molecule has 3 heterocycles. The molecule has 29 heavy (non-hydrogen) atoms. The van der Waals surface area contributed by atoms with E-state index in [-0.39, 0.29) is 17.2 Å². The Morgan fingerprint density at radius 2 is 1.97 bits per heavy atom. The third-order valence-electron chi connectivity index (χ3n) is 6.01. The number of aryl methyl sites for hydroxylation is 2. The Bertz CT molecular complexity index is 1050. The molecule has 1 amide bonds. The minimum atomic E-state index is -1.06. The number of likely N-dealkylation sites (tertiary alicyclic amines) is 1. The lowest BCUT2D eigenvalue weighted by Crippen LogP contribution is -2.37. The normalized spacial score (nSPS) is 15.2. The van der Waals surface area contributed by atoms with Crippen LogP contribution in [0.3, 0.4) is 0 Å². The number of nitrogens with one attached hydrogen (secondary N) is 1. The number of nitrogens with zero attached hydrogens (tertiary/aromatic N) is 1. The van der Waals surface area contributed by atoms with Gasteiger partial charge in [-0.3, -0.25) is 4.79 Å². The largest absolute Gasteiger partial charge is 0.478 e. The quantitative estimate of drug-likeness (QED) is 0.662. The fraction of sp³-hybridized carbons (Fsp3) is 0.391. The summed E-state index contributed by atoms with van der Waals surface area (Å²) in [6, 6.07) is 7.80. The number of H-pyrrole nitrogens is 1. The molecule has 0 spiro atoms. The Labute approximate surface area is 169 Å². The molecule has 0 bridgehead atoms. The highest BCUT2D eigenvalue weighted by molar-refractivity contribution is 5.96. The van der Waals surface area contributed by atoms with Gasteiger partial charge in [0.05, 0.1) is 0 Å². The van der Waals surface area contributed by atoms with E-state index < -0.39 is 5.97 Å². The van der Waals surface area contributed by atoms with Crippen molar-refractivity contribution in [2.75, 3.05) is 13.1 Å². The van der Waals surface area contributed by atoms with Crippen LogP contribution in [-0.2, 0) is 12.8 Å². The molecule has 1 aromatic carbocycles. The van der Waals surface area contributed by atoms with Crippen LogP contribution in [0.5, 0.6) is 0 Å². The number of carbonyl (C=O) groups is 2. The summed E-state index contributed by atoms with van der Waals surface area (Å²) in [6.07, 6.45) is 5.30. The number of hydrogen-bond acceptors (Lipinski definition) is 3. The lowest BCUT2D eigenvalue weighted by atomic mass is 9.88. The molecule has 0 saturated carbocycles. The van der Waals surface area contributed by atoms with Crippen LogP contribution in [0.2, 0.25) is 0 Å². The number of carbonyl (C=O) groups excluding carboxylic acids is 1. The molecule has 2 aromatic heterocycles. The molecule has 2 N–H and O–H groups in total. The van der Waals surface area contributed by atoms with E-state index >= 15 is 0 Å². The second-order valence-electron chi connectivity index (χ2n) is 7.61. The van der Waals surface area contributed by atoms with Gasteiger partial charge >= 0.3 is 5.97 Å². The van der Waals surface area contributed by atoms with Crippen LogP contribution in [0.25, 0.3) is 10.9 Å². The van der Waals surface area contributed by atoms with Crippen molar-refractivity contribution < 1.29 is 19.1 Å². The van der Waals surface area contributed by atoms with Crippen molar-refractivity contribution in [1.82, 2.24) is 9.88 Å². The minimum Gasteiger partial charge on any atom is -0.478 e. The van der Waals surface area contributed by atoms with Crippen molar-refractivity contribution in [2.45, 2.75) is 45.4 Å². The van der Waals surface area contributed by atoms with E-state index in [1.807, 2.05) is 6.92 Å². The summed E-state index contributed by atoms with van der Waals surface area (Å²) in [5.74, 6) is -0.414. The van der Waals surface area contributed by atoms with Gasteiger partial charge in [-0.25, -0.2) is 4.79 Å². The third-order valence-corrected chi connectivity index (χ3v) is 6.01. The van der Waals surface area contributed by atoms with E-state index in [0.29, 0.717) is 31.2 Å². The van der Waals surface area contributed by atoms with Gasteiger partial charge in [-0.05, 0) is 36.3 Å². The van der Waals surface area contributed by atoms with E-state index in [4.69, 9.17) is 4.42 Å². The van der Waals surface area contributed by atoms with Crippen LogP contribution in [0.1, 0.15) is 70.4 Å². The fourth-order valence-electron chi connectivity index (χ4n) is 4.40. The topological polar surface area (TPSA) is 86.5 Å². The third kappa shape index (κ3) is 3.43. The van der Waals surface area contributed by atoms with Gasteiger partial charge in [-0.15, -0.1) is 0 Å². The maximum atomic E-state index is 12.8. The number of aromatic carboxylic acids is 1. The van der Waals surface area contributed by atoms with E-state index in [1.54, 1.807) is 4.90 Å². The van der Waals surface area contributed by atoms with E-state index in [9.17, 15) is 14.7 Å². The first-order chi connectivity index (χ1) is 14.0. The molecule has 1 aliphatic rings. The highest BCUT2D eigenvalue weighted by Gasteiger charge is 2.29. The van der Waals surface area contributed by atoms with Crippen LogP contribution in [0.15, 0.2) is 34.9 Å². The fourth-order valence-corrected chi connectivity index (χ4v) is 4.40. The summed E-state index contributed by atoms with van der Waals surface area (Å²) in [4.78, 5) is 29.4. The Morgan fingerprint density at radius 3 is 2.59 bits per heavy atom. The number of benzene rings is 1. The van der Waals surface area contributed by atoms with Crippen molar-refractivity contribution in [3.05, 3.63) is 58.7 Å². The lowest BCUT2D eigenvalue weighted by molar-refractivity contribution is 0.0674. The summed E-state index contributed by atoms with van der Waals surface area (Å²) < 4.78 is 5.55. The Kier molecular flexibility index (Phi) is 5.18. The van der Waals surface area contributed by atoms with Crippen LogP contribution < -0.4 is 0 Å². The number of aromatic nitrogens is 1. The Balaban J connectivity index is 1.49. The number of rotatable bonds is 5. The molecule has 0 aliphatic carbocycles. The predicted octanol–water partition coefficient (Wildman–Crippen LogP) is 4.60. The van der Waals surface area contributed by atoms with Crippen LogP contribution in [0, 0.1) is 0 Å². The molecule has 6 nitrogen and oxygen atoms in total. The van der Waals surface area contributed by atoms with Crippen molar-refractivity contribution in [3.8, 4) is 0 Å². The second-order valence-corrected chi connectivity index (χ2v) is 7.61. The summed E-state index contributed by atoms with van der Waals surface area (Å²) in [5.41, 5.74) is 3.94. The van der Waals surface area contributed by atoms with Crippen LogP contribution >= 0.6 is 0 Å². The number of furan rings is 1. The van der Waals surface area contributed by atoms with Crippen molar-refractivity contribution in [2.24, 2.45) is 0 Å². The number of para-hydroxylation sites is 1. The second kappa shape index (κ2) is 7.78. The first-order valence-corrected chi connectivity index (χ1v) is 10.3. The lowest BCUT2D eigenvalue weighted by Gasteiger charge is -2.31. The average Bonchev–Trinajstić information content (AvgIpc) is 3.37. The van der Waals surface area contributed by atoms with Gasteiger partial charge in [0.1, 0.15) is 11.3 Å². The minimum absolute atomic E-state index is 0.0799. The molecular weight excluding hydrogens is 368 g/mol. The molecule has 6 heteroatoms. The van der Waals surface area contributed by atoms with Gasteiger partial charge in [-0.1, -0.05) is 32.0 Å². The molecular formula is C23H26N2O4. The average molecular weight is 394 g/mol. The van der Waals surface area contributed by atoms with Gasteiger partial charge in [0, 0.05) is 42.7 Å². The van der Waals surface area contributed by atoms with Crippen LogP contribution in [0.4, 0.5) is 0 Å². The van der Waals surface area contributed by atoms with E-state index in [2.05, 4.69) is 36.3 Å². The first kappa shape index (κ1) is 19.3. The van der Waals surface area contributed by atoms with Crippen molar-refractivity contribution in [3.63, 3.8) is 0 Å². The molecule has 0 unspecified atom stereocenters. The number of carboxylic acids is 1. The Morgan fingerprint density at radius 1 is 1.21 bits per heavy atom. The highest BCUT2D eigenvalue weighted by Crippen LogP contribution is 2.34. The molecule has 1 fully saturated rings. The number of aromatic amines is 1. The molecule has 0 atom stereocenters.